The standard InChI is InChI=1S/C7H4NO2S/c9-7-5-3-1-2-4-6(5)11-8(7)10/h1-4H/q+1. The van der Waals surface area contributed by atoms with Gasteiger partial charge in [-0.25, -0.2) is 4.79 Å². The lowest BCUT2D eigenvalue weighted by Crippen LogP contribution is -2.02. The second kappa shape index (κ2) is 2.17. The molecule has 1 aromatic carbocycles. The van der Waals surface area contributed by atoms with E-state index in [1.54, 1.807) is 24.3 Å². The first-order valence-corrected chi connectivity index (χ1v) is 3.85. The molecule has 0 saturated carbocycles. The highest BCUT2D eigenvalue weighted by Gasteiger charge is 2.39. The molecular weight excluding hydrogens is 162 g/mol. The van der Waals surface area contributed by atoms with Crippen molar-refractivity contribution < 1.29 is 8.96 Å². The zero-order valence-electron chi connectivity index (χ0n) is 5.48. The fourth-order valence-corrected chi connectivity index (χ4v) is 1.71. The molecule has 0 aromatic heterocycles. The van der Waals surface area contributed by atoms with Gasteiger partial charge >= 0.3 is 5.91 Å². The highest BCUT2D eigenvalue weighted by molar-refractivity contribution is 7.94. The molecule has 1 aliphatic rings. The number of nitrogens with zero attached hydrogens (tertiary/aromatic N) is 1. The Balaban J connectivity index is 2.64. The molecule has 1 heterocycles. The van der Waals surface area contributed by atoms with E-state index < -0.39 is 5.91 Å². The molecule has 1 aromatic rings. The monoisotopic (exact) mass is 166 g/mol. The van der Waals surface area contributed by atoms with E-state index in [0.717, 1.165) is 16.8 Å². The molecule has 0 N–H and O–H groups in total. The predicted octanol–water partition coefficient (Wildman–Crippen LogP) is 1.63. The van der Waals surface area contributed by atoms with E-state index >= 15 is 0 Å². The first kappa shape index (κ1) is 6.54. The summed E-state index contributed by atoms with van der Waals surface area (Å²) in [5, 5.41) is 0. The van der Waals surface area contributed by atoms with E-state index in [9.17, 15) is 9.70 Å². The molecule has 11 heavy (non-hydrogen) atoms. The normalized spacial score (nSPS) is 15.3. The summed E-state index contributed by atoms with van der Waals surface area (Å²) in [5.74, 6) is -0.453. The maximum absolute atomic E-state index is 11.0. The van der Waals surface area contributed by atoms with Crippen molar-refractivity contribution >= 4 is 17.9 Å². The molecule has 1 aliphatic heterocycles. The Kier molecular flexibility index (Phi) is 1.29. The molecule has 0 aliphatic carbocycles. The third-order valence-corrected chi connectivity index (χ3v) is 2.35. The number of carbonyl (C=O) groups is 1. The third-order valence-electron chi connectivity index (χ3n) is 1.46. The zero-order chi connectivity index (χ0) is 7.84. The summed E-state index contributed by atoms with van der Waals surface area (Å²) in [7, 11) is 0. The van der Waals surface area contributed by atoms with Crippen molar-refractivity contribution in [2.45, 2.75) is 4.90 Å². The van der Waals surface area contributed by atoms with E-state index in [4.69, 9.17) is 0 Å². The van der Waals surface area contributed by atoms with Crippen LogP contribution in [0.5, 0.6) is 0 Å². The van der Waals surface area contributed by atoms with Gasteiger partial charge in [0.15, 0.2) is 4.17 Å². The van der Waals surface area contributed by atoms with Crippen LogP contribution in [0.15, 0.2) is 29.2 Å². The fourth-order valence-electron chi connectivity index (χ4n) is 0.952. The average molecular weight is 166 g/mol. The van der Waals surface area contributed by atoms with Crippen LogP contribution in [0.3, 0.4) is 0 Å². The Labute approximate surface area is 67.1 Å². The molecule has 4 heteroatoms. The third kappa shape index (κ3) is 0.867. The first-order valence-electron chi connectivity index (χ1n) is 3.07. The van der Waals surface area contributed by atoms with E-state index in [1.807, 2.05) is 0 Å². The predicted molar refractivity (Wildman–Crippen MR) is 40.3 cm³/mol. The number of hydrogen-bond acceptors (Lipinski definition) is 3. The number of nitroso groups, excluding NO2 is 1. The van der Waals surface area contributed by atoms with Crippen molar-refractivity contribution in [2.24, 2.45) is 0 Å². The van der Waals surface area contributed by atoms with E-state index in [0.29, 0.717) is 9.73 Å². The molecule has 2 rings (SSSR count). The smallest absolute Gasteiger partial charge is 0.208 e. The van der Waals surface area contributed by atoms with Crippen molar-refractivity contribution in [1.82, 2.24) is 0 Å². The van der Waals surface area contributed by atoms with Gasteiger partial charge < -0.3 is 0 Å². The summed E-state index contributed by atoms with van der Waals surface area (Å²) in [5.41, 5.74) is 0.507. The Morgan fingerprint density at radius 1 is 1.27 bits per heavy atom. The van der Waals surface area contributed by atoms with Crippen LogP contribution < -0.4 is 0 Å². The van der Waals surface area contributed by atoms with Crippen LogP contribution in [0.2, 0.25) is 0 Å². The van der Waals surface area contributed by atoms with E-state index in [1.165, 1.54) is 0 Å². The molecule has 0 saturated heterocycles. The number of benzene rings is 1. The van der Waals surface area contributed by atoms with Gasteiger partial charge in [-0.15, -0.1) is 0 Å². The lowest BCUT2D eigenvalue weighted by Gasteiger charge is -1.82. The first-order chi connectivity index (χ1) is 5.29. The van der Waals surface area contributed by atoms with Gasteiger partial charge in [0.25, 0.3) is 11.9 Å². The Morgan fingerprint density at radius 2 is 2.00 bits per heavy atom. The minimum atomic E-state index is -0.453. The van der Waals surface area contributed by atoms with Crippen LogP contribution in [-0.4, -0.2) is 10.1 Å². The van der Waals surface area contributed by atoms with Gasteiger partial charge in [-0.05, 0) is 12.1 Å². The topological polar surface area (TPSA) is 37.1 Å². The number of rotatable bonds is 0. The molecule has 0 fully saturated rings. The van der Waals surface area contributed by atoms with Gasteiger partial charge in [0.2, 0.25) is 0 Å². The second-order valence-corrected chi connectivity index (χ2v) is 3.10. The average Bonchev–Trinajstić information content (AvgIpc) is 2.30. The van der Waals surface area contributed by atoms with Crippen molar-refractivity contribution in [3.63, 3.8) is 0 Å². The summed E-state index contributed by atoms with van der Waals surface area (Å²) >= 11 is 0.927. The largest absolute Gasteiger partial charge is 0.482 e. The zero-order valence-corrected chi connectivity index (χ0v) is 6.30. The lowest BCUT2D eigenvalue weighted by molar-refractivity contribution is -0.259. The summed E-state index contributed by atoms with van der Waals surface area (Å²) < 4.78 is 0.394. The minimum absolute atomic E-state index is 0.394. The quantitative estimate of drug-likeness (QED) is 0.434. The van der Waals surface area contributed by atoms with Gasteiger partial charge in [0.05, 0.1) is 0 Å². The lowest BCUT2D eigenvalue weighted by atomic mass is 10.2. The highest BCUT2D eigenvalue weighted by atomic mass is 32.2. The maximum Gasteiger partial charge on any atom is 0.482 e. The maximum atomic E-state index is 11.0. The number of fused-ring (bicyclic) bond motifs is 1. The molecule has 54 valence electrons. The van der Waals surface area contributed by atoms with Crippen molar-refractivity contribution in [3.8, 4) is 0 Å². The molecule has 0 bridgehead atoms. The van der Waals surface area contributed by atoms with Crippen molar-refractivity contribution in [2.75, 3.05) is 0 Å². The molecule has 0 radical (unpaired) electrons. The molecule has 1 amide bonds. The minimum Gasteiger partial charge on any atom is -0.208 e. The highest BCUT2D eigenvalue weighted by Crippen LogP contribution is 2.31. The number of amides is 1. The van der Waals surface area contributed by atoms with Crippen LogP contribution in [0.25, 0.3) is 0 Å². The summed E-state index contributed by atoms with van der Waals surface area (Å²) in [6, 6.07) is 6.97. The number of hydrogen-bond donors (Lipinski definition) is 0. The molecule has 0 unspecified atom stereocenters. The van der Waals surface area contributed by atoms with Gasteiger partial charge in [0, 0.05) is 4.91 Å². The molecule has 3 nitrogen and oxygen atoms in total. The summed E-state index contributed by atoms with van der Waals surface area (Å²) in [6.45, 7) is 0. The van der Waals surface area contributed by atoms with Crippen LogP contribution in [0.1, 0.15) is 10.4 Å². The molecule has 0 atom stereocenters. The molecule has 0 spiro atoms. The van der Waals surface area contributed by atoms with Gasteiger partial charge in [-0.2, -0.15) is 0 Å². The van der Waals surface area contributed by atoms with Crippen LogP contribution >= 0.6 is 11.9 Å². The summed E-state index contributed by atoms with van der Waals surface area (Å²) in [4.78, 5) is 22.5. The SMILES string of the molecule is O=C1c2ccccc2S[N+]1=O. The van der Waals surface area contributed by atoms with E-state index in [-0.39, 0.29) is 0 Å². The van der Waals surface area contributed by atoms with Crippen LogP contribution in [0, 0.1) is 4.91 Å². The van der Waals surface area contributed by atoms with Crippen molar-refractivity contribution in [1.29, 1.82) is 0 Å². The van der Waals surface area contributed by atoms with Gasteiger partial charge in [0.1, 0.15) is 10.5 Å². The van der Waals surface area contributed by atoms with Crippen LogP contribution in [0.4, 0.5) is 0 Å². The fraction of sp³-hybridized carbons (Fsp3) is 0. The Bertz CT molecular complexity index is 348. The van der Waals surface area contributed by atoms with Gasteiger partial charge in [-0.1, -0.05) is 12.1 Å². The Hall–Kier alpha value is -1.16. The number of carbonyl (C=O) groups excluding carboxylic acids is 1. The Morgan fingerprint density at radius 3 is 2.73 bits per heavy atom. The second-order valence-electron chi connectivity index (χ2n) is 2.15. The summed E-state index contributed by atoms with van der Waals surface area (Å²) in [6.07, 6.45) is 0. The van der Waals surface area contributed by atoms with E-state index in [2.05, 4.69) is 0 Å². The van der Waals surface area contributed by atoms with Crippen molar-refractivity contribution in [3.05, 3.63) is 34.7 Å². The molecular formula is C7H4NO2S+. The van der Waals surface area contributed by atoms with Crippen LogP contribution in [-0.2, 0) is 0 Å². The van der Waals surface area contributed by atoms with Gasteiger partial charge in [-0.3, -0.25) is 0 Å².